The second-order valence-electron chi connectivity index (χ2n) is 4.21. The third-order valence-corrected chi connectivity index (χ3v) is 4.75. The second-order valence-corrected chi connectivity index (χ2v) is 6.35. The Morgan fingerprint density at radius 3 is 2.22 bits per heavy atom. The summed E-state index contributed by atoms with van der Waals surface area (Å²) in [4.78, 5) is 13.3. The Balaban J connectivity index is 2.49. The number of carbonyl (C=O) groups is 1. The summed E-state index contributed by atoms with van der Waals surface area (Å²) in [5.41, 5.74) is 0. The number of hydrogen-bond donors (Lipinski definition) is 0. The van der Waals surface area contributed by atoms with Gasteiger partial charge in [0, 0.05) is 46.9 Å². The smallest absolute Gasteiger partial charge is 0.281 e. The van der Waals surface area contributed by atoms with Crippen molar-refractivity contribution in [2.45, 2.75) is 6.92 Å². The maximum Gasteiger partial charge on any atom is 0.281 e. The Labute approximate surface area is 108 Å². The van der Waals surface area contributed by atoms with E-state index in [1.807, 2.05) is 6.92 Å². The summed E-state index contributed by atoms with van der Waals surface area (Å²) < 4.78 is 31.3. The van der Waals surface area contributed by atoms with Gasteiger partial charge in [0.25, 0.3) is 10.2 Å². The van der Waals surface area contributed by atoms with Crippen molar-refractivity contribution >= 4 is 16.1 Å². The van der Waals surface area contributed by atoms with Gasteiger partial charge in [-0.15, -0.1) is 0 Å². The highest BCUT2D eigenvalue weighted by Gasteiger charge is 2.29. The maximum atomic E-state index is 11.9. The van der Waals surface area contributed by atoms with E-state index in [2.05, 4.69) is 0 Å². The molecule has 18 heavy (non-hydrogen) atoms. The predicted molar refractivity (Wildman–Crippen MR) is 67.3 cm³/mol. The molecule has 1 fully saturated rings. The highest BCUT2D eigenvalue weighted by atomic mass is 32.2. The van der Waals surface area contributed by atoms with E-state index in [1.165, 1.54) is 22.7 Å². The number of piperazine rings is 1. The summed E-state index contributed by atoms with van der Waals surface area (Å²) in [6, 6.07) is 0. The molecule has 0 radical (unpaired) electrons. The molecule has 0 spiro atoms. The van der Waals surface area contributed by atoms with Gasteiger partial charge in [0.1, 0.15) is 6.61 Å². The van der Waals surface area contributed by atoms with Crippen LogP contribution in [0.5, 0.6) is 0 Å². The highest BCUT2D eigenvalue weighted by Crippen LogP contribution is 2.09. The van der Waals surface area contributed by atoms with Crippen molar-refractivity contribution in [1.29, 1.82) is 0 Å². The van der Waals surface area contributed by atoms with E-state index in [0.29, 0.717) is 32.8 Å². The monoisotopic (exact) mass is 279 g/mol. The lowest BCUT2D eigenvalue weighted by Gasteiger charge is -2.35. The summed E-state index contributed by atoms with van der Waals surface area (Å²) in [5.74, 6) is -0.0845. The molecule has 0 aromatic rings. The molecule has 106 valence electrons. The lowest BCUT2D eigenvalue weighted by atomic mass is 10.3. The van der Waals surface area contributed by atoms with Gasteiger partial charge in [-0.25, -0.2) is 0 Å². The van der Waals surface area contributed by atoms with E-state index < -0.39 is 10.2 Å². The Kier molecular flexibility index (Phi) is 5.51. The zero-order valence-electron chi connectivity index (χ0n) is 11.1. The first kappa shape index (κ1) is 15.4. The quantitative estimate of drug-likeness (QED) is 0.645. The Hall–Kier alpha value is -0.700. The number of carbonyl (C=O) groups excluding carboxylic acids is 1. The van der Waals surface area contributed by atoms with Crippen LogP contribution in [-0.2, 0) is 19.7 Å². The van der Waals surface area contributed by atoms with E-state index in [1.54, 1.807) is 4.90 Å². The molecule has 1 heterocycles. The Morgan fingerprint density at radius 2 is 1.78 bits per heavy atom. The average Bonchev–Trinajstić information content (AvgIpc) is 2.35. The molecule has 0 aromatic heterocycles. The second kappa shape index (κ2) is 6.46. The van der Waals surface area contributed by atoms with Crippen molar-refractivity contribution in [3.8, 4) is 0 Å². The van der Waals surface area contributed by atoms with Gasteiger partial charge in [-0.2, -0.15) is 17.0 Å². The van der Waals surface area contributed by atoms with Crippen molar-refractivity contribution in [2.24, 2.45) is 0 Å². The third-order valence-electron chi connectivity index (χ3n) is 2.81. The van der Waals surface area contributed by atoms with Crippen molar-refractivity contribution < 1.29 is 17.9 Å². The molecule has 1 amide bonds. The third kappa shape index (κ3) is 3.64. The van der Waals surface area contributed by atoms with Crippen LogP contribution in [0.15, 0.2) is 0 Å². The maximum absolute atomic E-state index is 11.9. The minimum absolute atomic E-state index is 0.0664. The van der Waals surface area contributed by atoms with E-state index >= 15 is 0 Å². The molecule has 8 heteroatoms. The van der Waals surface area contributed by atoms with Crippen molar-refractivity contribution in [2.75, 3.05) is 53.5 Å². The number of rotatable bonds is 5. The molecule has 1 saturated heterocycles. The lowest BCUT2D eigenvalue weighted by Crippen LogP contribution is -2.53. The summed E-state index contributed by atoms with van der Waals surface area (Å²) >= 11 is 0. The average molecular weight is 279 g/mol. The summed E-state index contributed by atoms with van der Waals surface area (Å²) in [7, 11) is -0.365. The fourth-order valence-corrected chi connectivity index (χ4v) is 2.77. The van der Waals surface area contributed by atoms with E-state index in [-0.39, 0.29) is 12.5 Å². The van der Waals surface area contributed by atoms with Crippen LogP contribution in [0.1, 0.15) is 6.92 Å². The zero-order valence-corrected chi connectivity index (χ0v) is 11.9. The van der Waals surface area contributed by atoms with Crippen LogP contribution in [0.3, 0.4) is 0 Å². The number of nitrogens with zero attached hydrogens (tertiary/aromatic N) is 3. The minimum Gasteiger partial charge on any atom is -0.372 e. The first-order valence-electron chi connectivity index (χ1n) is 5.92. The number of ether oxygens (including phenoxy) is 1. The minimum atomic E-state index is -3.37. The number of amides is 1. The number of hydrogen-bond acceptors (Lipinski definition) is 4. The summed E-state index contributed by atoms with van der Waals surface area (Å²) in [5, 5.41) is 0. The van der Waals surface area contributed by atoms with Gasteiger partial charge < -0.3 is 9.64 Å². The van der Waals surface area contributed by atoms with Crippen molar-refractivity contribution in [3.05, 3.63) is 0 Å². The molecular formula is C10H21N3O4S. The largest absolute Gasteiger partial charge is 0.372 e. The van der Waals surface area contributed by atoms with Crippen LogP contribution in [0.2, 0.25) is 0 Å². The lowest BCUT2D eigenvalue weighted by molar-refractivity contribution is -0.137. The summed E-state index contributed by atoms with van der Waals surface area (Å²) in [6.07, 6.45) is 0. The summed E-state index contributed by atoms with van der Waals surface area (Å²) in [6.45, 7) is 3.89. The fourth-order valence-electron chi connectivity index (χ4n) is 1.68. The molecule has 0 aliphatic carbocycles. The van der Waals surface area contributed by atoms with Crippen LogP contribution in [0.4, 0.5) is 0 Å². The highest BCUT2D eigenvalue weighted by molar-refractivity contribution is 7.86. The Morgan fingerprint density at radius 1 is 1.22 bits per heavy atom. The van der Waals surface area contributed by atoms with Crippen LogP contribution in [0, 0.1) is 0 Å². The van der Waals surface area contributed by atoms with Crippen molar-refractivity contribution in [3.63, 3.8) is 0 Å². The molecule has 0 bridgehead atoms. The van der Waals surface area contributed by atoms with Gasteiger partial charge in [-0.05, 0) is 6.92 Å². The standard InChI is InChI=1S/C10H21N3O4S/c1-4-17-9-10(14)12-5-7-13(8-6-12)18(15,16)11(2)3/h4-9H2,1-3H3. The molecular weight excluding hydrogens is 258 g/mol. The van der Waals surface area contributed by atoms with Gasteiger partial charge in [0.05, 0.1) is 0 Å². The van der Waals surface area contributed by atoms with Crippen LogP contribution in [-0.4, -0.2) is 81.3 Å². The SMILES string of the molecule is CCOCC(=O)N1CCN(S(=O)(=O)N(C)C)CC1. The van der Waals surface area contributed by atoms with E-state index in [0.717, 1.165) is 0 Å². The molecule has 1 rings (SSSR count). The molecule has 0 aromatic carbocycles. The molecule has 0 N–H and O–H groups in total. The zero-order chi connectivity index (χ0) is 13.8. The van der Waals surface area contributed by atoms with Crippen LogP contribution >= 0.6 is 0 Å². The van der Waals surface area contributed by atoms with Gasteiger partial charge in [-0.3, -0.25) is 4.79 Å². The van der Waals surface area contributed by atoms with Gasteiger partial charge in [-0.1, -0.05) is 0 Å². The first-order valence-corrected chi connectivity index (χ1v) is 7.32. The first-order chi connectivity index (χ1) is 8.39. The van der Waals surface area contributed by atoms with E-state index in [4.69, 9.17) is 4.74 Å². The Bertz CT molecular complexity index is 375. The molecule has 7 nitrogen and oxygen atoms in total. The molecule has 0 unspecified atom stereocenters. The molecule has 0 atom stereocenters. The van der Waals surface area contributed by atoms with Gasteiger partial charge in [0.15, 0.2) is 0 Å². The van der Waals surface area contributed by atoms with Crippen molar-refractivity contribution in [1.82, 2.24) is 13.5 Å². The fraction of sp³-hybridized carbons (Fsp3) is 0.900. The van der Waals surface area contributed by atoms with Crippen LogP contribution < -0.4 is 0 Å². The predicted octanol–water partition coefficient (Wildman–Crippen LogP) is -1.03. The molecule has 1 aliphatic heterocycles. The molecule has 0 saturated carbocycles. The normalized spacial score (nSPS) is 18.3. The van der Waals surface area contributed by atoms with E-state index in [9.17, 15) is 13.2 Å². The van der Waals surface area contributed by atoms with Crippen LogP contribution in [0.25, 0.3) is 0 Å². The van der Waals surface area contributed by atoms with Gasteiger partial charge in [0.2, 0.25) is 5.91 Å². The molecule has 1 aliphatic rings. The van der Waals surface area contributed by atoms with Gasteiger partial charge >= 0.3 is 0 Å². The topological polar surface area (TPSA) is 70.2 Å².